The lowest BCUT2D eigenvalue weighted by Gasteiger charge is -2.36. The Balaban J connectivity index is 1.58. The molecule has 2 atom stereocenters. The summed E-state index contributed by atoms with van der Waals surface area (Å²) in [5, 5.41) is 13.1. The maximum Gasteiger partial charge on any atom is 0.317 e. The fourth-order valence-corrected chi connectivity index (χ4v) is 3.71. The summed E-state index contributed by atoms with van der Waals surface area (Å²) in [6.07, 6.45) is 5.19. The van der Waals surface area contributed by atoms with Gasteiger partial charge in [-0.05, 0) is 49.1 Å². The highest BCUT2D eigenvalue weighted by Gasteiger charge is 2.33. The number of hydrogen-bond acceptors (Lipinski definition) is 2. The number of nitrogens with zero attached hydrogens (tertiary/aromatic N) is 1. The molecule has 2 aliphatic rings. The summed E-state index contributed by atoms with van der Waals surface area (Å²) in [6.45, 7) is 3.31. The van der Waals surface area contributed by atoms with Crippen molar-refractivity contribution in [2.24, 2.45) is 5.92 Å². The fraction of sp³-hybridized carbons (Fsp3) is 0.632. The Morgan fingerprint density at radius 2 is 2.17 bits per heavy atom. The Morgan fingerprint density at radius 3 is 2.91 bits per heavy atom. The number of urea groups is 1. The van der Waals surface area contributed by atoms with E-state index >= 15 is 0 Å². The van der Waals surface area contributed by atoms with Gasteiger partial charge in [0.2, 0.25) is 0 Å². The summed E-state index contributed by atoms with van der Waals surface area (Å²) in [4.78, 5) is 13.9. The molecule has 1 aromatic rings. The van der Waals surface area contributed by atoms with Gasteiger partial charge in [0.25, 0.3) is 0 Å². The monoisotopic (exact) mass is 316 g/mol. The zero-order chi connectivity index (χ0) is 16.4. The molecule has 0 spiro atoms. The second-order valence-corrected chi connectivity index (χ2v) is 7.52. The Labute approximate surface area is 138 Å². The first-order valence-electron chi connectivity index (χ1n) is 8.75. The second-order valence-electron chi connectivity index (χ2n) is 7.52. The molecule has 4 nitrogen and oxygen atoms in total. The molecule has 0 heterocycles. The van der Waals surface area contributed by atoms with Crippen molar-refractivity contribution in [2.75, 3.05) is 20.1 Å². The molecule has 2 amide bonds. The van der Waals surface area contributed by atoms with Crippen molar-refractivity contribution in [3.05, 3.63) is 35.4 Å². The first-order chi connectivity index (χ1) is 11.0. The van der Waals surface area contributed by atoms with Gasteiger partial charge in [-0.1, -0.05) is 31.2 Å². The minimum atomic E-state index is -0.378. The van der Waals surface area contributed by atoms with Gasteiger partial charge < -0.3 is 15.3 Å². The molecule has 2 N–H and O–H groups in total. The molecule has 1 fully saturated rings. The number of rotatable bonds is 5. The summed E-state index contributed by atoms with van der Waals surface area (Å²) >= 11 is 0. The molecule has 126 valence electrons. The first-order valence-corrected chi connectivity index (χ1v) is 8.75. The van der Waals surface area contributed by atoms with Gasteiger partial charge in [0, 0.05) is 25.6 Å². The average molecular weight is 316 g/mol. The van der Waals surface area contributed by atoms with Gasteiger partial charge in [-0.2, -0.15) is 0 Å². The van der Waals surface area contributed by atoms with Crippen molar-refractivity contribution in [1.29, 1.82) is 0 Å². The predicted molar refractivity (Wildman–Crippen MR) is 91.5 cm³/mol. The smallest absolute Gasteiger partial charge is 0.317 e. The van der Waals surface area contributed by atoms with Gasteiger partial charge in [-0.15, -0.1) is 0 Å². The summed E-state index contributed by atoms with van der Waals surface area (Å²) in [5.74, 6) is 0.396. The molecule has 2 unspecified atom stereocenters. The Kier molecular flexibility index (Phi) is 4.62. The number of nitrogens with one attached hydrogen (secondary N) is 1. The summed E-state index contributed by atoms with van der Waals surface area (Å²) < 4.78 is 0. The molecule has 2 aliphatic carbocycles. The van der Waals surface area contributed by atoms with Crippen LogP contribution in [0.1, 0.15) is 43.7 Å². The molecule has 0 bridgehead atoms. The maximum absolute atomic E-state index is 12.3. The van der Waals surface area contributed by atoms with Crippen LogP contribution in [0.15, 0.2) is 24.3 Å². The Bertz CT molecular complexity index is 570. The first kappa shape index (κ1) is 16.3. The van der Waals surface area contributed by atoms with Crippen LogP contribution in [0.4, 0.5) is 4.79 Å². The summed E-state index contributed by atoms with van der Waals surface area (Å²) in [6, 6.07) is 8.49. The topological polar surface area (TPSA) is 52.6 Å². The molecular formula is C19H28N2O2. The highest BCUT2D eigenvalue weighted by Crippen LogP contribution is 2.36. The molecule has 23 heavy (non-hydrogen) atoms. The van der Waals surface area contributed by atoms with E-state index in [1.807, 2.05) is 0 Å². The number of carbonyl (C=O) groups is 1. The summed E-state index contributed by atoms with van der Waals surface area (Å²) in [5.41, 5.74) is 2.78. The van der Waals surface area contributed by atoms with E-state index in [1.54, 1.807) is 11.9 Å². The van der Waals surface area contributed by atoms with Gasteiger partial charge in [0.05, 0.1) is 6.10 Å². The van der Waals surface area contributed by atoms with Crippen molar-refractivity contribution < 1.29 is 9.90 Å². The zero-order valence-electron chi connectivity index (χ0n) is 14.2. The van der Waals surface area contributed by atoms with Crippen LogP contribution in [0, 0.1) is 5.92 Å². The van der Waals surface area contributed by atoms with Crippen LogP contribution in [0.5, 0.6) is 0 Å². The van der Waals surface area contributed by atoms with Gasteiger partial charge in [0.15, 0.2) is 0 Å². The van der Waals surface area contributed by atoms with E-state index in [0.717, 1.165) is 25.7 Å². The minimum Gasteiger partial charge on any atom is -0.391 e. The molecule has 0 radical (unpaired) electrons. The normalized spacial score (nSPS) is 24.7. The third kappa shape index (κ3) is 3.69. The largest absolute Gasteiger partial charge is 0.391 e. The van der Waals surface area contributed by atoms with E-state index in [1.165, 1.54) is 17.5 Å². The minimum absolute atomic E-state index is 0.000448. The van der Waals surface area contributed by atoms with E-state index in [0.29, 0.717) is 19.0 Å². The van der Waals surface area contributed by atoms with E-state index < -0.39 is 0 Å². The number of aryl methyl sites for hydroxylation is 1. The number of benzene rings is 1. The SMILES string of the molecule is CN(CC(O)C1CC1)C(=O)NCC1(C)CCCc2ccccc21. The van der Waals surface area contributed by atoms with Crippen molar-refractivity contribution in [2.45, 2.75) is 50.5 Å². The Morgan fingerprint density at radius 1 is 1.43 bits per heavy atom. The lowest BCUT2D eigenvalue weighted by Crippen LogP contribution is -2.47. The van der Waals surface area contributed by atoms with Crippen molar-refractivity contribution in [1.82, 2.24) is 10.2 Å². The predicted octanol–water partition coefficient (Wildman–Crippen LogP) is 2.69. The Hall–Kier alpha value is -1.55. The zero-order valence-corrected chi connectivity index (χ0v) is 14.2. The van der Waals surface area contributed by atoms with Gasteiger partial charge >= 0.3 is 6.03 Å². The van der Waals surface area contributed by atoms with Gasteiger partial charge in [-0.3, -0.25) is 0 Å². The molecule has 1 aromatic carbocycles. The molecule has 0 aliphatic heterocycles. The van der Waals surface area contributed by atoms with E-state index in [2.05, 4.69) is 36.5 Å². The quantitative estimate of drug-likeness (QED) is 0.877. The number of aliphatic hydroxyl groups is 1. The van der Waals surface area contributed by atoms with Gasteiger partial charge in [0.1, 0.15) is 0 Å². The highest BCUT2D eigenvalue weighted by atomic mass is 16.3. The van der Waals surface area contributed by atoms with Crippen LogP contribution in [0.2, 0.25) is 0 Å². The van der Waals surface area contributed by atoms with Crippen molar-refractivity contribution >= 4 is 6.03 Å². The van der Waals surface area contributed by atoms with Crippen LogP contribution in [0.3, 0.4) is 0 Å². The van der Waals surface area contributed by atoms with E-state index in [9.17, 15) is 9.90 Å². The van der Waals surface area contributed by atoms with Crippen LogP contribution in [-0.4, -0.2) is 42.3 Å². The standard InChI is InChI=1S/C19H28N2O2/c1-19(11-5-7-14-6-3-4-8-16(14)19)13-20-18(23)21(2)12-17(22)15-9-10-15/h3-4,6,8,15,17,22H,5,7,9-13H2,1-2H3,(H,20,23). The second kappa shape index (κ2) is 6.52. The van der Waals surface area contributed by atoms with Crippen LogP contribution >= 0.6 is 0 Å². The molecule has 3 rings (SSSR count). The molecule has 0 aromatic heterocycles. The number of amides is 2. The third-order valence-corrected chi connectivity index (χ3v) is 5.45. The number of aliphatic hydroxyl groups excluding tert-OH is 1. The van der Waals surface area contributed by atoms with Crippen LogP contribution in [0.25, 0.3) is 0 Å². The average Bonchev–Trinajstić information content (AvgIpc) is 3.38. The lowest BCUT2D eigenvalue weighted by atomic mass is 9.71. The number of carbonyl (C=O) groups excluding carboxylic acids is 1. The number of likely N-dealkylation sites (N-methyl/N-ethyl adjacent to an activating group) is 1. The lowest BCUT2D eigenvalue weighted by molar-refractivity contribution is 0.113. The van der Waals surface area contributed by atoms with Crippen LogP contribution < -0.4 is 5.32 Å². The molecule has 0 saturated heterocycles. The van der Waals surface area contributed by atoms with E-state index in [-0.39, 0.29) is 17.6 Å². The number of fused-ring (bicyclic) bond motifs is 1. The van der Waals surface area contributed by atoms with E-state index in [4.69, 9.17) is 0 Å². The third-order valence-electron chi connectivity index (χ3n) is 5.45. The van der Waals surface area contributed by atoms with Crippen LogP contribution in [-0.2, 0) is 11.8 Å². The highest BCUT2D eigenvalue weighted by molar-refractivity contribution is 5.74. The molecule has 1 saturated carbocycles. The molecule has 4 heteroatoms. The fourth-order valence-electron chi connectivity index (χ4n) is 3.71. The summed E-state index contributed by atoms with van der Waals surface area (Å²) in [7, 11) is 1.76. The van der Waals surface area contributed by atoms with Crippen molar-refractivity contribution in [3.8, 4) is 0 Å². The van der Waals surface area contributed by atoms with Crippen molar-refractivity contribution in [3.63, 3.8) is 0 Å². The van der Waals surface area contributed by atoms with Gasteiger partial charge in [-0.25, -0.2) is 4.79 Å². The molecular weight excluding hydrogens is 288 g/mol. The number of hydrogen-bond donors (Lipinski definition) is 2. The maximum atomic E-state index is 12.3.